The maximum atomic E-state index is 12.5. The molecule has 2 rings (SSSR count). The molecule has 0 spiro atoms. The van der Waals surface area contributed by atoms with Crippen molar-refractivity contribution in [2.45, 2.75) is 20.3 Å². The van der Waals surface area contributed by atoms with Crippen molar-refractivity contribution in [2.24, 2.45) is 11.8 Å². The van der Waals surface area contributed by atoms with Gasteiger partial charge in [-0.1, -0.05) is 41.4 Å². The zero-order valence-electron chi connectivity index (χ0n) is 10.6. The van der Waals surface area contributed by atoms with E-state index in [0.717, 1.165) is 17.6 Å². The Morgan fingerprint density at radius 1 is 1.33 bits per heavy atom. The highest BCUT2D eigenvalue weighted by Crippen LogP contribution is 2.26. The number of likely N-dealkylation sites (tertiary alicyclic amines) is 1. The van der Waals surface area contributed by atoms with Gasteiger partial charge < -0.3 is 4.90 Å². The summed E-state index contributed by atoms with van der Waals surface area (Å²) in [6, 6.07) is 5.41. The topological polar surface area (TPSA) is 20.3 Å². The number of amides is 1. The molecule has 2 atom stereocenters. The number of piperidine rings is 1. The summed E-state index contributed by atoms with van der Waals surface area (Å²) in [6.45, 7) is 6.04. The molecule has 0 N–H and O–H groups in total. The molecule has 1 aliphatic rings. The Hall–Kier alpha value is -0.540. The molecule has 18 heavy (non-hydrogen) atoms. The number of carbonyl (C=O) groups excluding carboxylic acids is 1. The van der Waals surface area contributed by atoms with E-state index in [2.05, 4.69) is 29.8 Å². The predicted molar refractivity (Wildman–Crippen MR) is 78.0 cm³/mol. The van der Waals surface area contributed by atoms with Gasteiger partial charge in [0.25, 0.3) is 5.91 Å². The van der Waals surface area contributed by atoms with Gasteiger partial charge in [0.2, 0.25) is 0 Å². The quantitative estimate of drug-likeness (QED) is 0.755. The van der Waals surface area contributed by atoms with E-state index in [-0.39, 0.29) is 5.91 Å². The van der Waals surface area contributed by atoms with Gasteiger partial charge in [0, 0.05) is 17.6 Å². The molecule has 1 aromatic carbocycles. The van der Waals surface area contributed by atoms with E-state index in [1.54, 1.807) is 12.1 Å². The van der Waals surface area contributed by atoms with Crippen molar-refractivity contribution in [1.29, 1.82) is 0 Å². The lowest BCUT2D eigenvalue weighted by Crippen LogP contribution is -2.42. The van der Waals surface area contributed by atoms with Crippen LogP contribution in [0.4, 0.5) is 0 Å². The molecular weight excluding hydrogens is 314 g/mol. The van der Waals surface area contributed by atoms with E-state index in [9.17, 15) is 4.79 Å². The van der Waals surface area contributed by atoms with Crippen LogP contribution in [0.3, 0.4) is 0 Å². The summed E-state index contributed by atoms with van der Waals surface area (Å²) in [5.41, 5.74) is 0.590. The minimum atomic E-state index is 0.0414. The number of carbonyl (C=O) groups is 1. The van der Waals surface area contributed by atoms with E-state index in [4.69, 9.17) is 11.6 Å². The molecular formula is C14H17BrClNO. The summed E-state index contributed by atoms with van der Waals surface area (Å²) in [5, 5.41) is 0.522. The number of halogens is 2. The fraction of sp³-hybridized carbons (Fsp3) is 0.500. The van der Waals surface area contributed by atoms with Gasteiger partial charge in [-0.3, -0.25) is 4.79 Å². The Bertz CT molecular complexity index is 453. The number of rotatable bonds is 1. The summed E-state index contributed by atoms with van der Waals surface area (Å²) >= 11 is 9.50. The molecule has 0 bridgehead atoms. The van der Waals surface area contributed by atoms with Gasteiger partial charge >= 0.3 is 0 Å². The van der Waals surface area contributed by atoms with Crippen molar-refractivity contribution in [3.05, 3.63) is 33.3 Å². The minimum absolute atomic E-state index is 0.0414. The molecule has 0 aliphatic carbocycles. The van der Waals surface area contributed by atoms with Crippen LogP contribution in [0.5, 0.6) is 0 Å². The van der Waals surface area contributed by atoms with Crippen molar-refractivity contribution in [3.8, 4) is 0 Å². The van der Waals surface area contributed by atoms with Crippen molar-refractivity contribution >= 4 is 33.4 Å². The molecule has 4 heteroatoms. The van der Waals surface area contributed by atoms with Crippen molar-refractivity contribution in [2.75, 3.05) is 13.1 Å². The highest BCUT2D eigenvalue weighted by atomic mass is 79.9. The third kappa shape index (κ3) is 3.07. The summed E-state index contributed by atoms with van der Waals surface area (Å²) in [4.78, 5) is 14.4. The Morgan fingerprint density at radius 2 is 1.94 bits per heavy atom. The van der Waals surface area contributed by atoms with Crippen LogP contribution >= 0.6 is 27.5 Å². The molecule has 2 nitrogen and oxygen atoms in total. The average molecular weight is 331 g/mol. The van der Waals surface area contributed by atoms with Crippen LogP contribution < -0.4 is 0 Å². The number of hydrogen-bond donors (Lipinski definition) is 0. The fourth-order valence-corrected chi connectivity index (χ4v) is 3.22. The van der Waals surface area contributed by atoms with E-state index < -0.39 is 0 Å². The largest absolute Gasteiger partial charge is 0.338 e. The zero-order chi connectivity index (χ0) is 13.3. The Balaban J connectivity index is 2.22. The molecule has 1 heterocycles. The van der Waals surface area contributed by atoms with Crippen LogP contribution in [-0.4, -0.2) is 23.9 Å². The van der Waals surface area contributed by atoms with Gasteiger partial charge in [0.05, 0.1) is 10.6 Å². The minimum Gasteiger partial charge on any atom is -0.338 e. The second kappa shape index (κ2) is 5.62. The van der Waals surface area contributed by atoms with E-state index in [1.807, 2.05) is 11.0 Å². The Morgan fingerprint density at radius 3 is 2.56 bits per heavy atom. The monoisotopic (exact) mass is 329 g/mol. The van der Waals surface area contributed by atoms with Gasteiger partial charge in [0.15, 0.2) is 0 Å². The Kier molecular flexibility index (Phi) is 4.33. The maximum Gasteiger partial charge on any atom is 0.255 e. The molecule has 1 aliphatic heterocycles. The SMILES string of the molecule is C[C@@H]1C[C@@H](C)CN(C(=O)c2cc(Br)ccc2Cl)C1. The van der Waals surface area contributed by atoms with Crippen molar-refractivity contribution < 1.29 is 4.79 Å². The lowest BCUT2D eigenvalue weighted by Gasteiger charge is -2.35. The highest BCUT2D eigenvalue weighted by molar-refractivity contribution is 9.10. The molecule has 0 unspecified atom stereocenters. The normalized spacial score (nSPS) is 24.1. The molecule has 1 fully saturated rings. The van der Waals surface area contributed by atoms with Crippen LogP contribution in [-0.2, 0) is 0 Å². The first-order valence-corrected chi connectivity index (χ1v) is 7.38. The second-order valence-corrected chi connectivity index (χ2v) is 6.60. The summed E-state index contributed by atoms with van der Waals surface area (Å²) in [7, 11) is 0. The molecule has 98 valence electrons. The van der Waals surface area contributed by atoms with E-state index in [1.165, 1.54) is 6.42 Å². The summed E-state index contributed by atoms with van der Waals surface area (Å²) in [5.74, 6) is 1.16. The predicted octanol–water partition coefficient (Wildman–Crippen LogP) is 4.22. The summed E-state index contributed by atoms with van der Waals surface area (Å²) in [6.07, 6.45) is 1.19. The van der Waals surface area contributed by atoms with Gasteiger partial charge in [-0.25, -0.2) is 0 Å². The van der Waals surface area contributed by atoms with Gasteiger partial charge in [-0.05, 0) is 36.5 Å². The number of hydrogen-bond acceptors (Lipinski definition) is 1. The first-order chi connectivity index (χ1) is 8.47. The van der Waals surface area contributed by atoms with Crippen molar-refractivity contribution in [3.63, 3.8) is 0 Å². The third-order valence-electron chi connectivity index (χ3n) is 3.31. The van der Waals surface area contributed by atoms with Gasteiger partial charge in [0.1, 0.15) is 0 Å². The lowest BCUT2D eigenvalue weighted by atomic mass is 9.91. The smallest absolute Gasteiger partial charge is 0.255 e. The Labute approximate surface area is 121 Å². The van der Waals surface area contributed by atoms with Crippen molar-refractivity contribution in [1.82, 2.24) is 4.90 Å². The first-order valence-electron chi connectivity index (χ1n) is 6.21. The van der Waals surface area contributed by atoms with Crippen LogP contribution in [0.1, 0.15) is 30.6 Å². The van der Waals surface area contributed by atoms with Crippen LogP contribution in [0.2, 0.25) is 5.02 Å². The highest BCUT2D eigenvalue weighted by Gasteiger charge is 2.27. The summed E-state index contributed by atoms with van der Waals surface area (Å²) < 4.78 is 0.883. The van der Waals surface area contributed by atoms with Crippen LogP contribution in [0.25, 0.3) is 0 Å². The lowest BCUT2D eigenvalue weighted by molar-refractivity contribution is 0.0623. The van der Waals surface area contributed by atoms with Crippen LogP contribution in [0, 0.1) is 11.8 Å². The zero-order valence-corrected chi connectivity index (χ0v) is 13.0. The van der Waals surface area contributed by atoms with Gasteiger partial charge in [-0.15, -0.1) is 0 Å². The molecule has 1 saturated heterocycles. The second-order valence-electron chi connectivity index (χ2n) is 5.28. The van der Waals surface area contributed by atoms with E-state index in [0.29, 0.717) is 22.4 Å². The average Bonchev–Trinajstić information content (AvgIpc) is 2.30. The molecule has 0 saturated carbocycles. The molecule has 0 radical (unpaired) electrons. The van der Waals surface area contributed by atoms with Crippen LogP contribution in [0.15, 0.2) is 22.7 Å². The molecule has 1 aromatic rings. The van der Waals surface area contributed by atoms with Gasteiger partial charge in [-0.2, -0.15) is 0 Å². The first kappa shape index (κ1) is 13.9. The number of nitrogens with zero attached hydrogens (tertiary/aromatic N) is 1. The fourth-order valence-electron chi connectivity index (χ4n) is 2.66. The number of benzene rings is 1. The molecule has 0 aromatic heterocycles. The standard InChI is InChI=1S/C14H17BrClNO/c1-9-5-10(2)8-17(7-9)14(18)12-6-11(15)3-4-13(12)16/h3-4,6,9-10H,5,7-8H2,1-2H3/t9-,10-/m1/s1. The third-order valence-corrected chi connectivity index (χ3v) is 4.14. The maximum absolute atomic E-state index is 12.5. The molecule has 1 amide bonds. The van der Waals surface area contributed by atoms with E-state index >= 15 is 0 Å².